The van der Waals surface area contributed by atoms with Crippen LogP contribution in [0.15, 0.2) is 42.5 Å². The molecule has 3 rings (SSSR count). The summed E-state index contributed by atoms with van der Waals surface area (Å²) in [7, 11) is 1.55. The van der Waals surface area contributed by atoms with Crippen LogP contribution in [0.5, 0.6) is 11.5 Å². The zero-order chi connectivity index (χ0) is 20.8. The Morgan fingerprint density at radius 1 is 1.14 bits per heavy atom. The van der Waals surface area contributed by atoms with E-state index in [9.17, 15) is 9.59 Å². The molecule has 9 heteroatoms. The molecular formula is C20H21N5O4. The molecule has 1 amide bonds. The Morgan fingerprint density at radius 3 is 2.52 bits per heavy atom. The summed E-state index contributed by atoms with van der Waals surface area (Å²) in [6.45, 7) is 3.40. The van der Waals surface area contributed by atoms with Gasteiger partial charge in [0.05, 0.1) is 7.11 Å². The number of Topliss-reactive ketones (excluding diaryl/α,β-unsaturated/α-hetero) is 1. The second kappa shape index (κ2) is 8.96. The fraction of sp³-hybridized carbons (Fsp3) is 0.250. The molecule has 150 valence electrons. The third kappa shape index (κ3) is 4.75. The zero-order valence-electron chi connectivity index (χ0n) is 16.4. The number of aromatic nitrogens is 4. The summed E-state index contributed by atoms with van der Waals surface area (Å²) in [5, 5.41) is 14.2. The van der Waals surface area contributed by atoms with Gasteiger partial charge >= 0.3 is 0 Å². The normalized spacial score (nSPS) is 10.4. The van der Waals surface area contributed by atoms with Crippen LogP contribution in [0.3, 0.4) is 0 Å². The van der Waals surface area contributed by atoms with E-state index in [-0.39, 0.29) is 18.3 Å². The smallest absolute Gasteiger partial charge is 0.262 e. The minimum absolute atomic E-state index is 0.0578. The van der Waals surface area contributed by atoms with Crippen LogP contribution in [0.25, 0.3) is 5.69 Å². The van der Waals surface area contributed by atoms with Crippen LogP contribution < -0.4 is 14.8 Å². The number of aryl methyl sites for hydroxylation is 1. The van der Waals surface area contributed by atoms with Crippen molar-refractivity contribution in [3.8, 4) is 17.2 Å². The van der Waals surface area contributed by atoms with Gasteiger partial charge in [-0.2, -0.15) is 4.68 Å². The summed E-state index contributed by atoms with van der Waals surface area (Å²) in [5.74, 6) is 1.38. The number of benzene rings is 2. The Labute approximate surface area is 167 Å². The van der Waals surface area contributed by atoms with Crippen molar-refractivity contribution < 1.29 is 19.1 Å². The molecule has 0 saturated heterocycles. The van der Waals surface area contributed by atoms with Crippen molar-refractivity contribution >= 4 is 17.4 Å². The van der Waals surface area contributed by atoms with Gasteiger partial charge in [0, 0.05) is 17.7 Å². The number of hydrogen-bond donors (Lipinski definition) is 1. The molecule has 0 aliphatic carbocycles. The third-order valence-electron chi connectivity index (χ3n) is 4.18. The number of nitrogens with zero attached hydrogens (tertiary/aromatic N) is 4. The van der Waals surface area contributed by atoms with E-state index < -0.39 is 0 Å². The second-order valence-corrected chi connectivity index (χ2v) is 6.16. The van der Waals surface area contributed by atoms with Gasteiger partial charge in [0.25, 0.3) is 5.91 Å². The van der Waals surface area contributed by atoms with Crippen molar-refractivity contribution in [1.29, 1.82) is 0 Å². The van der Waals surface area contributed by atoms with Crippen LogP contribution in [0.2, 0.25) is 0 Å². The molecule has 1 heterocycles. The molecule has 2 aromatic carbocycles. The molecule has 0 aliphatic heterocycles. The highest BCUT2D eigenvalue weighted by Crippen LogP contribution is 2.26. The summed E-state index contributed by atoms with van der Waals surface area (Å²) < 4.78 is 12.4. The molecule has 29 heavy (non-hydrogen) atoms. The summed E-state index contributed by atoms with van der Waals surface area (Å²) >= 11 is 0. The van der Waals surface area contributed by atoms with Gasteiger partial charge in [-0.25, -0.2) is 0 Å². The Hall–Kier alpha value is -3.75. The molecule has 0 spiro atoms. The average Bonchev–Trinajstić information content (AvgIpc) is 3.17. The highest BCUT2D eigenvalue weighted by Gasteiger charge is 2.13. The average molecular weight is 395 g/mol. The van der Waals surface area contributed by atoms with Crippen molar-refractivity contribution in [2.75, 3.05) is 19.0 Å². The van der Waals surface area contributed by atoms with E-state index in [0.717, 1.165) is 0 Å². The van der Waals surface area contributed by atoms with Crippen LogP contribution >= 0.6 is 0 Å². The lowest BCUT2D eigenvalue weighted by Crippen LogP contribution is -2.20. The molecule has 9 nitrogen and oxygen atoms in total. The van der Waals surface area contributed by atoms with Crippen LogP contribution in [0, 0.1) is 6.92 Å². The number of ether oxygens (including phenoxy) is 2. The van der Waals surface area contributed by atoms with Crippen molar-refractivity contribution in [3.05, 3.63) is 53.9 Å². The first-order valence-corrected chi connectivity index (χ1v) is 9.01. The molecule has 1 aromatic heterocycles. The number of tetrazole rings is 1. The van der Waals surface area contributed by atoms with Crippen LogP contribution in [-0.4, -0.2) is 45.6 Å². The number of ketones is 1. The Balaban J connectivity index is 1.65. The molecule has 0 atom stereocenters. The van der Waals surface area contributed by atoms with Gasteiger partial charge in [-0.1, -0.05) is 6.92 Å². The number of methoxy groups -OCH3 is 1. The minimum atomic E-state index is -0.330. The van der Waals surface area contributed by atoms with Gasteiger partial charge in [-0.05, 0) is 59.8 Å². The lowest BCUT2D eigenvalue weighted by molar-refractivity contribution is -0.118. The number of rotatable bonds is 8. The van der Waals surface area contributed by atoms with E-state index in [1.807, 2.05) is 6.92 Å². The first-order chi connectivity index (χ1) is 14.0. The van der Waals surface area contributed by atoms with Crippen LogP contribution in [0.1, 0.15) is 29.5 Å². The number of hydrogen-bond acceptors (Lipinski definition) is 7. The molecule has 0 fully saturated rings. The van der Waals surface area contributed by atoms with Crippen molar-refractivity contribution in [3.63, 3.8) is 0 Å². The first-order valence-electron chi connectivity index (χ1n) is 9.01. The topological polar surface area (TPSA) is 108 Å². The maximum atomic E-state index is 12.3. The monoisotopic (exact) mass is 395 g/mol. The van der Waals surface area contributed by atoms with Gasteiger partial charge in [0.15, 0.2) is 18.2 Å². The zero-order valence-corrected chi connectivity index (χ0v) is 16.4. The number of nitrogens with one attached hydrogen (secondary N) is 1. The SMILES string of the molecule is CCC(=O)c1ccc(OCC(=O)Nc2ccc(OC)c(-n3nnnc3C)c2)cc1. The third-order valence-corrected chi connectivity index (χ3v) is 4.18. The van der Waals surface area contributed by atoms with Crippen molar-refractivity contribution in [2.24, 2.45) is 0 Å². The Bertz CT molecular complexity index is 1010. The predicted octanol–water partition coefficient (Wildman–Crippen LogP) is 2.59. The lowest BCUT2D eigenvalue weighted by Gasteiger charge is -2.12. The van der Waals surface area contributed by atoms with Gasteiger partial charge in [0.1, 0.15) is 17.2 Å². The van der Waals surface area contributed by atoms with Crippen molar-refractivity contribution in [2.45, 2.75) is 20.3 Å². The first kappa shape index (κ1) is 20.0. The molecule has 3 aromatic rings. The van der Waals surface area contributed by atoms with E-state index in [0.29, 0.717) is 40.7 Å². The Kier molecular flexibility index (Phi) is 6.18. The van der Waals surface area contributed by atoms with Crippen molar-refractivity contribution in [1.82, 2.24) is 20.2 Å². The summed E-state index contributed by atoms with van der Waals surface area (Å²) in [5.41, 5.74) is 1.77. The fourth-order valence-corrected chi connectivity index (χ4v) is 2.67. The van der Waals surface area contributed by atoms with Gasteiger partial charge in [-0.15, -0.1) is 5.10 Å². The van der Waals surface area contributed by atoms with Gasteiger partial charge in [-0.3, -0.25) is 9.59 Å². The highest BCUT2D eigenvalue weighted by molar-refractivity contribution is 5.96. The lowest BCUT2D eigenvalue weighted by atomic mass is 10.1. The standard InChI is InChI=1S/C20H21N5O4/c1-4-18(26)14-5-8-16(9-6-14)29-12-20(27)21-15-7-10-19(28-3)17(11-15)25-13(2)22-23-24-25/h5-11H,4,12H2,1-3H3,(H,21,27). The van der Waals surface area contributed by atoms with E-state index in [1.54, 1.807) is 56.5 Å². The number of carbonyl (C=O) groups excluding carboxylic acids is 2. The molecule has 0 bridgehead atoms. The largest absolute Gasteiger partial charge is 0.494 e. The Morgan fingerprint density at radius 2 is 1.90 bits per heavy atom. The van der Waals surface area contributed by atoms with E-state index in [1.165, 1.54) is 4.68 Å². The molecule has 1 N–H and O–H groups in total. The second-order valence-electron chi connectivity index (χ2n) is 6.16. The van der Waals surface area contributed by atoms with E-state index in [2.05, 4.69) is 20.8 Å². The van der Waals surface area contributed by atoms with Gasteiger partial charge < -0.3 is 14.8 Å². The molecule has 0 unspecified atom stereocenters. The molecule has 0 aliphatic rings. The number of carbonyl (C=O) groups is 2. The summed E-state index contributed by atoms with van der Waals surface area (Å²) in [6.07, 6.45) is 0.441. The maximum absolute atomic E-state index is 12.3. The molecule has 0 saturated carbocycles. The molecule has 0 radical (unpaired) electrons. The summed E-state index contributed by atoms with van der Waals surface area (Å²) in [4.78, 5) is 23.9. The quantitative estimate of drug-likeness (QED) is 0.584. The van der Waals surface area contributed by atoms with Crippen LogP contribution in [-0.2, 0) is 4.79 Å². The highest BCUT2D eigenvalue weighted by atomic mass is 16.5. The fourth-order valence-electron chi connectivity index (χ4n) is 2.67. The van der Waals surface area contributed by atoms with E-state index in [4.69, 9.17) is 9.47 Å². The minimum Gasteiger partial charge on any atom is -0.494 e. The van der Waals surface area contributed by atoms with Gasteiger partial charge in [0.2, 0.25) is 0 Å². The molecular weight excluding hydrogens is 374 g/mol. The summed E-state index contributed by atoms with van der Waals surface area (Å²) in [6, 6.07) is 11.9. The van der Waals surface area contributed by atoms with Crippen LogP contribution in [0.4, 0.5) is 5.69 Å². The van der Waals surface area contributed by atoms with E-state index >= 15 is 0 Å². The number of amides is 1. The number of anilines is 1. The predicted molar refractivity (Wildman–Crippen MR) is 106 cm³/mol. The maximum Gasteiger partial charge on any atom is 0.262 e.